The average molecular weight is 448 g/mol. The zero-order valence-corrected chi connectivity index (χ0v) is 18.6. The van der Waals surface area contributed by atoms with Crippen LogP contribution in [0.4, 0.5) is 15.8 Å². The minimum absolute atomic E-state index is 0.229. The van der Waals surface area contributed by atoms with E-state index >= 15 is 0 Å². The maximum absolute atomic E-state index is 13.3. The second-order valence-electron chi connectivity index (χ2n) is 7.79. The van der Waals surface area contributed by atoms with Crippen LogP contribution in [0.2, 0.25) is 0 Å². The van der Waals surface area contributed by atoms with Crippen molar-refractivity contribution in [3.8, 4) is 11.4 Å². The van der Waals surface area contributed by atoms with Gasteiger partial charge >= 0.3 is 0 Å². The van der Waals surface area contributed by atoms with E-state index in [9.17, 15) is 14.3 Å². The number of benzene rings is 2. The summed E-state index contributed by atoms with van der Waals surface area (Å²) in [6, 6.07) is 12.8. The van der Waals surface area contributed by atoms with Crippen molar-refractivity contribution in [1.82, 2.24) is 14.1 Å². The number of aliphatic hydroxyl groups excluding tert-OH is 1. The van der Waals surface area contributed by atoms with Gasteiger partial charge in [-0.15, -0.1) is 0 Å². The monoisotopic (exact) mass is 448 g/mol. The van der Waals surface area contributed by atoms with Gasteiger partial charge in [-0.25, -0.2) is 9.37 Å². The second kappa shape index (κ2) is 9.30. The smallest absolute Gasteiger partial charge is 0.274 e. The number of halogens is 1. The molecule has 0 amide bonds. The van der Waals surface area contributed by atoms with Crippen LogP contribution in [-0.2, 0) is 6.61 Å². The summed E-state index contributed by atoms with van der Waals surface area (Å²) in [5.74, 6) is 0.267. The number of nitrogens with one attached hydrogen (secondary N) is 1. The number of anilines is 2. The predicted molar refractivity (Wildman–Crippen MR) is 125 cm³/mol. The van der Waals surface area contributed by atoms with Crippen molar-refractivity contribution in [2.45, 2.75) is 26.5 Å². The number of nitrogens with zero attached hydrogens (tertiary/aromatic N) is 3. The predicted octanol–water partition coefficient (Wildman–Crippen LogP) is 4.34. The third-order valence-electron chi connectivity index (χ3n) is 5.50. The van der Waals surface area contributed by atoms with Crippen molar-refractivity contribution in [2.24, 2.45) is 0 Å². The second-order valence-corrected chi connectivity index (χ2v) is 7.79. The number of aryl methyl sites for hydroxylation is 1. The molecule has 0 aliphatic heterocycles. The molecule has 2 aromatic heterocycles. The number of pyridine rings is 1. The fraction of sp³-hybridized carbons (Fsp3) is 0.200. The topological polar surface area (TPSA) is 81.3 Å². The molecule has 0 aliphatic rings. The molecule has 33 heavy (non-hydrogen) atoms. The maximum Gasteiger partial charge on any atom is 0.274 e. The highest BCUT2D eigenvalue weighted by atomic mass is 19.1. The van der Waals surface area contributed by atoms with Gasteiger partial charge in [0.1, 0.15) is 17.3 Å². The van der Waals surface area contributed by atoms with E-state index in [0.29, 0.717) is 22.7 Å². The minimum Gasteiger partial charge on any atom is -0.494 e. The lowest BCUT2D eigenvalue weighted by atomic mass is 10.1. The molecule has 0 saturated heterocycles. The highest BCUT2D eigenvalue weighted by Crippen LogP contribution is 2.28. The normalized spacial score (nSPS) is 11.9. The molecule has 2 heterocycles. The van der Waals surface area contributed by atoms with Crippen LogP contribution < -0.4 is 15.6 Å². The van der Waals surface area contributed by atoms with Gasteiger partial charge < -0.3 is 24.3 Å². The Kier molecular flexibility index (Phi) is 6.28. The van der Waals surface area contributed by atoms with Gasteiger partial charge in [-0.3, -0.25) is 4.79 Å². The Hall–Kier alpha value is -3.91. The first kappa shape index (κ1) is 22.3. The van der Waals surface area contributed by atoms with E-state index in [2.05, 4.69) is 10.3 Å². The van der Waals surface area contributed by atoms with Crippen LogP contribution in [0, 0.1) is 12.7 Å². The van der Waals surface area contributed by atoms with Gasteiger partial charge in [-0.1, -0.05) is 12.1 Å². The standard InChI is InChI=1S/C25H25FN4O3/c1-16-12-29(15-27-16)23-9-8-21(11-24(23)33-3)28-22-10-18(14-31)13-30(25(22)32)17(2)19-4-6-20(26)7-5-19/h4-13,15,17,28,31H,14H2,1-3H3/t17-/m0/s1. The molecule has 4 aromatic rings. The van der Waals surface area contributed by atoms with Crippen molar-refractivity contribution in [1.29, 1.82) is 0 Å². The van der Waals surface area contributed by atoms with E-state index in [0.717, 1.165) is 16.9 Å². The van der Waals surface area contributed by atoms with E-state index in [1.807, 2.05) is 36.7 Å². The van der Waals surface area contributed by atoms with Crippen LogP contribution in [0.3, 0.4) is 0 Å². The van der Waals surface area contributed by atoms with Crippen molar-refractivity contribution < 1.29 is 14.2 Å². The Morgan fingerprint density at radius 3 is 2.55 bits per heavy atom. The summed E-state index contributed by atoms with van der Waals surface area (Å²) in [6.45, 7) is 3.53. The summed E-state index contributed by atoms with van der Waals surface area (Å²) < 4.78 is 22.3. The number of rotatable bonds is 7. The highest BCUT2D eigenvalue weighted by Gasteiger charge is 2.15. The molecule has 2 aromatic carbocycles. The molecular formula is C25H25FN4O3. The summed E-state index contributed by atoms with van der Waals surface area (Å²) >= 11 is 0. The number of ether oxygens (including phenoxy) is 1. The lowest BCUT2D eigenvalue weighted by Crippen LogP contribution is -2.26. The Labute approximate surface area is 190 Å². The van der Waals surface area contributed by atoms with E-state index in [1.54, 1.807) is 43.9 Å². The number of aliphatic hydroxyl groups is 1. The third-order valence-corrected chi connectivity index (χ3v) is 5.50. The SMILES string of the molecule is COc1cc(Nc2cc(CO)cn([C@@H](C)c3ccc(F)cc3)c2=O)ccc1-n1cnc(C)c1. The molecule has 0 spiro atoms. The summed E-state index contributed by atoms with van der Waals surface area (Å²) in [4.78, 5) is 17.5. The molecule has 170 valence electrons. The van der Waals surface area contributed by atoms with Crippen molar-refractivity contribution in [2.75, 3.05) is 12.4 Å². The summed E-state index contributed by atoms with van der Waals surface area (Å²) in [6.07, 6.45) is 5.22. The quantitative estimate of drug-likeness (QED) is 0.440. The Bertz CT molecular complexity index is 1330. The van der Waals surface area contributed by atoms with E-state index in [1.165, 1.54) is 16.7 Å². The van der Waals surface area contributed by atoms with Gasteiger partial charge in [0.05, 0.1) is 37.5 Å². The number of hydrogen-bond donors (Lipinski definition) is 2. The fourth-order valence-electron chi connectivity index (χ4n) is 3.70. The molecule has 8 heteroatoms. The first-order valence-electron chi connectivity index (χ1n) is 10.5. The Morgan fingerprint density at radius 2 is 1.91 bits per heavy atom. The first-order chi connectivity index (χ1) is 15.9. The van der Waals surface area contributed by atoms with Crippen LogP contribution in [-0.4, -0.2) is 26.3 Å². The van der Waals surface area contributed by atoms with Crippen molar-refractivity contribution >= 4 is 11.4 Å². The van der Waals surface area contributed by atoms with E-state index in [4.69, 9.17) is 4.74 Å². The zero-order valence-electron chi connectivity index (χ0n) is 18.6. The van der Waals surface area contributed by atoms with Gasteiger partial charge in [-0.05, 0) is 55.3 Å². The molecule has 4 rings (SSSR count). The molecule has 0 aliphatic carbocycles. The lowest BCUT2D eigenvalue weighted by Gasteiger charge is -2.19. The molecule has 2 N–H and O–H groups in total. The first-order valence-corrected chi connectivity index (χ1v) is 10.5. The van der Waals surface area contributed by atoms with Crippen LogP contribution in [0.15, 0.2) is 72.0 Å². The maximum atomic E-state index is 13.3. The minimum atomic E-state index is -0.355. The molecule has 1 atom stereocenters. The third kappa shape index (κ3) is 4.65. The van der Waals surface area contributed by atoms with Gasteiger partial charge in [-0.2, -0.15) is 0 Å². The Balaban J connectivity index is 1.70. The van der Waals surface area contributed by atoms with Crippen molar-refractivity contribution in [3.63, 3.8) is 0 Å². The lowest BCUT2D eigenvalue weighted by molar-refractivity contribution is 0.280. The molecule has 0 fully saturated rings. The fourth-order valence-corrected chi connectivity index (χ4v) is 3.70. The summed E-state index contributed by atoms with van der Waals surface area (Å²) in [7, 11) is 1.58. The molecule has 7 nitrogen and oxygen atoms in total. The van der Waals surface area contributed by atoms with Crippen LogP contribution in [0.25, 0.3) is 5.69 Å². The molecule has 0 radical (unpaired) electrons. The molecule has 0 unspecified atom stereocenters. The van der Waals surface area contributed by atoms with Gasteiger partial charge in [0.15, 0.2) is 0 Å². The Morgan fingerprint density at radius 1 is 1.15 bits per heavy atom. The summed E-state index contributed by atoms with van der Waals surface area (Å²) in [5, 5.41) is 12.9. The van der Waals surface area contributed by atoms with Crippen LogP contribution in [0.5, 0.6) is 5.75 Å². The largest absolute Gasteiger partial charge is 0.494 e. The number of methoxy groups -OCH3 is 1. The van der Waals surface area contributed by atoms with Gasteiger partial charge in [0.2, 0.25) is 0 Å². The van der Waals surface area contributed by atoms with Gasteiger partial charge in [0.25, 0.3) is 5.56 Å². The van der Waals surface area contributed by atoms with Crippen LogP contribution in [0.1, 0.15) is 29.8 Å². The number of imidazole rings is 1. The number of hydrogen-bond acceptors (Lipinski definition) is 5. The van der Waals surface area contributed by atoms with Crippen molar-refractivity contribution in [3.05, 3.63) is 100 Å². The van der Waals surface area contributed by atoms with Crippen LogP contribution >= 0.6 is 0 Å². The molecular weight excluding hydrogens is 423 g/mol. The number of aromatic nitrogens is 3. The average Bonchev–Trinajstić information content (AvgIpc) is 3.26. The van der Waals surface area contributed by atoms with E-state index < -0.39 is 0 Å². The van der Waals surface area contributed by atoms with Gasteiger partial charge in [0, 0.05) is 24.1 Å². The molecule has 0 saturated carbocycles. The van der Waals surface area contributed by atoms with E-state index in [-0.39, 0.29) is 24.0 Å². The summed E-state index contributed by atoms with van der Waals surface area (Å²) in [5.41, 5.74) is 3.75. The molecule has 0 bridgehead atoms. The highest BCUT2D eigenvalue weighted by molar-refractivity contribution is 5.65. The zero-order chi connectivity index (χ0) is 23.5.